The van der Waals surface area contributed by atoms with E-state index in [0.717, 1.165) is 33.2 Å². The second-order valence-electron chi connectivity index (χ2n) is 7.25. The topological polar surface area (TPSA) is 55.4 Å². The lowest BCUT2D eigenvalue weighted by atomic mass is 9.99. The minimum absolute atomic E-state index is 0.230. The first kappa shape index (κ1) is 20.1. The molecule has 152 valence electrons. The molecular formula is C25H23NO3S. The van der Waals surface area contributed by atoms with E-state index in [0.29, 0.717) is 0 Å². The van der Waals surface area contributed by atoms with Gasteiger partial charge >= 0.3 is 0 Å². The van der Waals surface area contributed by atoms with Crippen LogP contribution in [0.5, 0.6) is 5.75 Å². The van der Waals surface area contributed by atoms with Crippen molar-refractivity contribution in [1.82, 2.24) is 4.72 Å². The zero-order valence-corrected chi connectivity index (χ0v) is 17.7. The van der Waals surface area contributed by atoms with Crippen LogP contribution in [0, 0.1) is 6.92 Å². The number of nitrogens with one attached hydrogen (secondary N) is 1. The average Bonchev–Trinajstić information content (AvgIpc) is 2.78. The Hall–Kier alpha value is -3.15. The molecule has 4 nitrogen and oxygen atoms in total. The van der Waals surface area contributed by atoms with Gasteiger partial charge in [-0.05, 0) is 53.1 Å². The van der Waals surface area contributed by atoms with E-state index in [-0.39, 0.29) is 4.90 Å². The first-order valence-electron chi connectivity index (χ1n) is 9.68. The van der Waals surface area contributed by atoms with Crippen molar-refractivity contribution in [3.8, 4) is 5.75 Å². The summed E-state index contributed by atoms with van der Waals surface area (Å²) in [7, 11) is -2.14. The molecule has 4 aromatic carbocycles. The Balaban J connectivity index is 1.73. The molecule has 0 aliphatic rings. The van der Waals surface area contributed by atoms with Crippen LogP contribution < -0.4 is 9.46 Å². The number of ether oxygens (including phenoxy) is 1. The lowest BCUT2D eigenvalue weighted by Gasteiger charge is -2.20. The third-order valence-electron chi connectivity index (χ3n) is 5.15. The summed E-state index contributed by atoms with van der Waals surface area (Å²) in [6, 6.07) is 27.7. The Bertz CT molecular complexity index is 1270. The molecule has 4 aromatic rings. The van der Waals surface area contributed by atoms with Crippen molar-refractivity contribution in [3.05, 3.63) is 108 Å². The molecule has 0 saturated heterocycles. The van der Waals surface area contributed by atoms with Crippen molar-refractivity contribution in [3.63, 3.8) is 0 Å². The van der Waals surface area contributed by atoms with E-state index in [9.17, 15) is 8.42 Å². The van der Waals surface area contributed by atoms with Crippen LogP contribution in [0.4, 0.5) is 0 Å². The zero-order valence-electron chi connectivity index (χ0n) is 16.9. The summed E-state index contributed by atoms with van der Waals surface area (Å²) >= 11 is 0. The van der Waals surface area contributed by atoms with E-state index in [1.165, 1.54) is 0 Å². The van der Waals surface area contributed by atoms with Crippen LogP contribution in [0.1, 0.15) is 22.7 Å². The molecule has 0 saturated carbocycles. The summed E-state index contributed by atoms with van der Waals surface area (Å²) < 4.78 is 34.7. The van der Waals surface area contributed by atoms with Crippen molar-refractivity contribution >= 4 is 20.8 Å². The lowest BCUT2D eigenvalue weighted by Crippen LogP contribution is -2.29. The summed E-state index contributed by atoms with van der Waals surface area (Å²) in [5.74, 6) is 0.736. The van der Waals surface area contributed by atoms with Crippen LogP contribution in [0.15, 0.2) is 95.9 Å². The summed E-state index contributed by atoms with van der Waals surface area (Å²) in [6.07, 6.45) is 0. The fourth-order valence-electron chi connectivity index (χ4n) is 3.45. The first-order valence-corrected chi connectivity index (χ1v) is 11.2. The summed E-state index contributed by atoms with van der Waals surface area (Å²) in [5, 5.41) is 1.76. The Morgan fingerprint density at radius 1 is 0.767 bits per heavy atom. The van der Waals surface area contributed by atoms with Crippen LogP contribution in [0.3, 0.4) is 0 Å². The molecule has 0 aromatic heterocycles. The standard InChI is InChI=1S/C25H23NO3S/c1-18-8-10-20(11-9-18)25(19-6-4-3-5-7-19)26-30(27,28)24-15-13-21-16-23(29-2)14-12-22(21)17-24/h3-17,25-26H,1-2H3. The molecule has 30 heavy (non-hydrogen) atoms. The third kappa shape index (κ3) is 4.22. The quantitative estimate of drug-likeness (QED) is 0.468. The maximum absolute atomic E-state index is 13.3. The molecule has 1 N–H and O–H groups in total. The van der Waals surface area contributed by atoms with Crippen LogP contribution in [-0.4, -0.2) is 15.5 Å². The molecule has 0 spiro atoms. The fourth-order valence-corrected chi connectivity index (χ4v) is 4.70. The number of methoxy groups -OCH3 is 1. The molecule has 0 bridgehead atoms. The zero-order chi connectivity index (χ0) is 21.1. The van der Waals surface area contributed by atoms with Crippen molar-refractivity contribution in [2.24, 2.45) is 0 Å². The highest BCUT2D eigenvalue weighted by atomic mass is 32.2. The van der Waals surface area contributed by atoms with Crippen LogP contribution in [0.25, 0.3) is 10.8 Å². The molecule has 1 unspecified atom stereocenters. The minimum Gasteiger partial charge on any atom is -0.497 e. The summed E-state index contributed by atoms with van der Waals surface area (Å²) in [5.41, 5.74) is 2.90. The maximum atomic E-state index is 13.3. The number of aryl methyl sites for hydroxylation is 1. The largest absolute Gasteiger partial charge is 0.497 e. The number of benzene rings is 4. The fraction of sp³-hybridized carbons (Fsp3) is 0.120. The second kappa shape index (κ2) is 8.30. The van der Waals surface area contributed by atoms with Gasteiger partial charge in [0.1, 0.15) is 5.75 Å². The van der Waals surface area contributed by atoms with Crippen LogP contribution >= 0.6 is 0 Å². The van der Waals surface area contributed by atoms with Crippen LogP contribution in [0.2, 0.25) is 0 Å². The second-order valence-corrected chi connectivity index (χ2v) is 8.96. The van der Waals surface area contributed by atoms with Gasteiger partial charge in [0.25, 0.3) is 0 Å². The maximum Gasteiger partial charge on any atom is 0.241 e. The van der Waals surface area contributed by atoms with Gasteiger partial charge in [0.2, 0.25) is 10.0 Å². The monoisotopic (exact) mass is 417 g/mol. The van der Waals surface area contributed by atoms with Crippen molar-refractivity contribution < 1.29 is 13.2 Å². The Kier molecular flexibility index (Phi) is 5.57. The Morgan fingerprint density at radius 2 is 1.40 bits per heavy atom. The van der Waals surface area contributed by atoms with E-state index in [4.69, 9.17) is 4.74 Å². The number of hydrogen-bond donors (Lipinski definition) is 1. The molecule has 0 aliphatic carbocycles. The van der Waals surface area contributed by atoms with Gasteiger partial charge in [0.15, 0.2) is 0 Å². The van der Waals surface area contributed by atoms with E-state index >= 15 is 0 Å². The van der Waals surface area contributed by atoms with Gasteiger partial charge in [-0.3, -0.25) is 0 Å². The van der Waals surface area contributed by atoms with Gasteiger partial charge in [0, 0.05) is 0 Å². The highest BCUT2D eigenvalue weighted by molar-refractivity contribution is 7.89. The van der Waals surface area contributed by atoms with Gasteiger partial charge in [-0.1, -0.05) is 72.3 Å². The predicted molar refractivity (Wildman–Crippen MR) is 120 cm³/mol. The molecule has 0 fully saturated rings. The third-order valence-corrected chi connectivity index (χ3v) is 6.57. The molecule has 0 aliphatic heterocycles. The van der Waals surface area contributed by atoms with Gasteiger partial charge in [-0.2, -0.15) is 4.72 Å². The lowest BCUT2D eigenvalue weighted by molar-refractivity contribution is 0.415. The molecule has 0 amide bonds. The van der Waals surface area contributed by atoms with Crippen molar-refractivity contribution in [2.75, 3.05) is 7.11 Å². The normalized spacial score (nSPS) is 12.6. The number of rotatable bonds is 6. The number of fused-ring (bicyclic) bond motifs is 1. The van der Waals surface area contributed by atoms with Gasteiger partial charge in [-0.15, -0.1) is 0 Å². The summed E-state index contributed by atoms with van der Waals surface area (Å²) in [6.45, 7) is 2.01. The average molecular weight is 418 g/mol. The van der Waals surface area contributed by atoms with Crippen molar-refractivity contribution in [1.29, 1.82) is 0 Å². The van der Waals surface area contributed by atoms with Gasteiger partial charge in [-0.25, -0.2) is 8.42 Å². The molecule has 0 radical (unpaired) electrons. The van der Waals surface area contributed by atoms with E-state index < -0.39 is 16.1 Å². The van der Waals surface area contributed by atoms with E-state index in [1.54, 1.807) is 25.3 Å². The molecule has 0 heterocycles. The van der Waals surface area contributed by atoms with E-state index in [1.807, 2.05) is 79.7 Å². The SMILES string of the molecule is COc1ccc2cc(S(=O)(=O)NC(c3ccccc3)c3ccc(C)cc3)ccc2c1. The van der Waals surface area contributed by atoms with Crippen LogP contribution in [-0.2, 0) is 10.0 Å². The predicted octanol–water partition coefficient (Wildman–Crippen LogP) is 5.22. The number of sulfonamides is 1. The van der Waals surface area contributed by atoms with E-state index in [2.05, 4.69) is 4.72 Å². The molecule has 5 heteroatoms. The van der Waals surface area contributed by atoms with Gasteiger partial charge in [0.05, 0.1) is 18.0 Å². The highest BCUT2D eigenvalue weighted by Gasteiger charge is 2.23. The number of hydrogen-bond acceptors (Lipinski definition) is 3. The molecular weight excluding hydrogens is 394 g/mol. The Morgan fingerprint density at radius 3 is 2.10 bits per heavy atom. The van der Waals surface area contributed by atoms with Gasteiger partial charge < -0.3 is 4.74 Å². The Labute approximate surface area is 177 Å². The smallest absolute Gasteiger partial charge is 0.241 e. The highest BCUT2D eigenvalue weighted by Crippen LogP contribution is 2.27. The van der Waals surface area contributed by atoms with Crippen molar-refractivity contribution in [2.45, 2.75) is 17.9 Å². The first-order chi connectivity index (χ1) is 14.5. The molecule has 4 rings (SSSR count). The molecule has 1 atom stereocenters. The summed E-state index contributed by atoms with van der Waals surface area (Å²) in [4.78, 5) is 0.230. The minimum atomic E-state index is -3.75.